The molecule has 11 nitrogen and oxygen atoms in total. The van der Waals surface area contributed by atoms with Gasteiger partial charge in [0.2, 0.25) is 11.7 Å². The molecule has 3 heterocycles. The predicted molar refractivity (Wildman–Crippen MR) is 119 cm³/mol. The third kappa shape index (κ3) is 3.73. The van der Waals surface area contributed by atoms with Gasteiger partial charge in [0.05, 0.1) is 19.4 Å². The number of amides is 2. The second kappa shape index (κ2) is 8.75. The molecule has 0 aliphatic carbocycles. The summed E-state index contributed by atoms with van der Waals surface area (Å²) in [7, 11) is 1.55. The minimum Gasteiger partial charge on any atom is -0.493 e. The van der Waals surface area contributed by atoms with Crippen LogP contribution in [0.4, 0.5) is 5.69 Å². The summed E-state index contributed by atoms with van der Waals surface area (Å²) in [6.07, 6.45) is 0. The highest BCUT2D eigenvalue weighted by Crippen LogP contribution is 2.34. The van der Waals surface area contributed by atoms with Gasteiger partial charge in [-0.15, -0.1) is 0 Å². The van der Waals surface area contributed by atoms with Crippen LogP contribution in [0.25, 0.3) is 11.4 Å². The molecule has 0 radical (unpaired) electrons. The topological polar surface area (TPSA) is 123 Å². The first-order valence-electron chi connectivity index (χ1n) is 10.4. The Morgan fingerprint density at radius 1 is 1.12 bits per heavy atom. The number of rotatable bonds is 7. The quantitative estimate of drug-likeness (QED) is 0.470. The molecule has 2 amide bonds. The van der Waals surface area contributed by atoms with Crippen molar-refractivity contribution in [3.05, 3.63) is 53.4 Å². The Morgan fingerprint density at radius 2 is 1.97 bits per heavy atom. The Labute approximate surface area is 198 Å². The number of imide groups is 1. The Balaban J connectivity index is 1.34. The molecule has 2 atom stereocenters. The molecule has 1 aromatic heterocycles. The van der Waals surface area contributed by atoms with Crippen molar-refractivity contribution in [1.29, 1.82) is 0 Å². The summed E-state index contributed by atoms with van der Waals surface area (Å²) in [6.45, 7) is 2.40. The largest absolute Gasteiger partial charge is 0.493 e. The average molecular weight is 483 g/mol. The lowest BCUT2D eigenvalue weighted by Crippen LogP contribution is -2.39. The van der Waals surface area contributed by atoms with Crippen molar-refractivity contribution in [3.63, 3.8) is 0 Å². The molecule has 2 aliphatic heterocycles. The van der Waals surface area contributed by atoms with Gasteiger partial charge in [-0.05, 0) is 43.3 Å². The summed E-state index contributed by atoms with van der Waals surface area (Å²) in [4.78, 5) is 31.4. The molecule has 1 fully saturated rings. The molecule has 174 valence electrons. The molecule has 0 unspecified atom stereocenters. The lowest BCUT2D eigenvalue weighted by atomic mass is 10.1. The van der Waals surface area contributed by atoms with Crippen LogP contribution in [-0.4, -0.2) is 52.8 Å². The van der Waals surface area contributed by atoms with Gasteiger partial charge in [-0.1, -0.05) is 28.0 Å². The van der Waals surface area contributed by atoms with Crippen molar-refractivity contribution in [1.82, 2.24) is 15.1 Å². The SMILES string of the molecule is CCOc1ccc(-c2noc(CN3N=N[C@H]4C(=O)N(c5cccc(Cl)c5)C(=O)[C@@H]43)n2)cc1OC. The third-order valence-electron chi connectivity index (χ3n) is 5.41. The molecule has 0 saturated carbocycles. The molecule has 3 aromatic rings. The Hall–Kier alpha value is -3.99. The van der Waals surface area contributed by atoms with E-state index in [1.807, 2.05) is 6.92 Å². The van der Waals surface area contributed by atoms with Crippen molar-refractivity contribution >= 4 is 29.1 Å². The zero-order chi connectivity index (χ0) is 23.8. The van der Waals surface area contributed by atoms with Gasteiger partial charge in [-0.3, -0.25) is 14.6 Å². The van der Waals surface area contributed by atoms with E-state index >= 15 is 0 Å². The van der Waals surface area contributed by atoms with Crippen molar-refractivity contribution in [2.45, 2.75) is 25.6 Å². The number of carbonyl (C=O) groups excluding carboxylic acids is 2. The molecule has 0 bridgehead atoms. The zero-order valence-electron chi connectivity index (χ0n) is 18.2. The number of fused-ring (bicyclic) bond motifs is 1. The van der Waals surface area contributed by atoms with Gasteiger partial charge in [0, 0.05) is 10.6 Å². The molecule has 0 N–H and O–H groups in total. The van der Waals surface area contributed by atoms with Crippen LogP contribution in [0.2, 0.25) is 5.02 Å². The standard InChI is InChI=1S/C22H19ClN6O5/c1-3-33-15-8-7-12(9-16(15)32-2)20-24-17(34-26-20)11-28-19-18(25-27-28)21(30)29(22(19)31)14-6-4-5-13(23)10-14/h4-10,18-19H,3,11H2,1-2H3/t18-,19-/m1/s1. The van der Waals surface area contributed by atoms with E-state index in [0.29, 0.717) is 40.2 Å². The van der Waals surface area contributed by atoms with E-state index in [9.17, 15) is 9.59 Å². The normalized spacial score (nSPS) is 19.1. The first-order chi connectivity index (χ1) is 16.5. The molecule has 2 aromatic carbocycles. The molecular formula is C22H19ClN6O5. The number of nitrogens with zero attached hydrogens (tertiary/aromatic N) is 6. The van der Waals surface area contributed by atoms with Crippen molar-refractivity contribution in [2.24, 2.45) is 10.3 Å². The Kier molecular flexibility index (Phi) is 5.62. The van der Waals surface area contributed by atoms with Crippen LogP contribution in [0.1, 0.15) is 12.8 Å². The highest BCUT2D eigenvalue weighted by atomic mass is 35.5. The predicted octanol–water partition coefficient (Wildman–Crippen LogP) is 3.29. The smallest absolute Gasteiger partial charge is 0.263 e. The maximum absolute atomic E-state index is 13.1. The number of halogens is 1. The summed E-state index contributed by atoms with van der Waals surface area (Å²) in [5.74, 6) is 0.782. The fraction of sp³-hybridized carbons (Fsp3) is 0.273. The molecular weight excluding hydrogens is 464 g/mol. The summed E-state index contributed by atoms with van der Waals surface area (Å²) in [5, 5.41) is 13.8. The molecule has 2 aliphatic rings. The number of ether oxygens (including phenoxy) is 2. The monoisotopic (exact) mass is 482 g/mol. The van der Waals surface area contributed by atoms with Gasteiger partial charge in [0.25, 0.3) is 11.8 Å². The summed E-state index contributed by atoms with van der Waals surface area (Å²) in [6, 6.07) is 9.98. The third-order valence-corrected chi connectivity index (χ3v) is 5.65. The number of benzene rings is 2. The van der Waals surface area contributed by atoms with Crippen LogP contribution in [0.5, 0.6) is 11.5 Å². The van der Waals surface area contributed by atoms with Crippen LogP contribution in [0, 0.1) is 0 Å². The zero-order valence-corrected chi connectivity index (χ0v) is 19.0. The van der Waals surface area contributed by atoms with Gasteiger partial charge in [-0.25, -0.2) is 4.90 Å². The lowest BCUT2D eigenvalue weighted by Gasteiger charge is -2.19. The summed E-state index contributed by atoms with van der Waals surface area (Å²) >= 11 is 6.03. The van der Waals surface area contributed by atoms with Gasteiger partial charge in [0.1, 0.15) is 6.54 Å². The molecule has 12 heteroatoms. The first kappa shape index (κ1) is 21.8. The second-order valence-corrected chi connectivity index (χ2v) is 7.93. The highest BCUT2D eigenvalue weighted by Gasteiger charge is 2.55. The van der Waals surface area contributed by atoms with Crippen LogP contribution in [-0.2, 0) is 16.1 Å². The number of anilines is 1. The number of aromatic nitrogens is 2. The molecule has 34 heavy (non-hydrogen) atoms. The lowest BCUT2D eigenvalue weighted by molar-refractivity contribution is -0.123. The number of methoxy groups -OCH3 is 1. The van der Waals surface area contributed by atoms with E-state index in [1.165, 1.54) is 5.01 Å². The molecule has 0 spiro atoms. The second-order valence-electron chi connectivity index (χ2n) is 7.49. The maximum atomic E-state index is 13.1. The van der Waals surface area contributed by atoms with Crippen LogP contribution in [0.3, 0.4) is 0 Å². The fourth-order valence-corrected chi connectivity index (χ4v) is 4.06. The fourth-order valence-electron chi connectivity index (χ4n) is 3.88. The van der Waals surface area contributed by atoms with Crippen molar-refractivity contribution < 1.29 is 23.6 Å². The minimum atomic E-state index is -0.941. The van der Waals surface area contributed by atoms with Crippen LogP contribution in [0.15, 0.2) is 57.3 Å². The van der Waals surface area contributed by atoms with E-state index in [-0.39, 0.29) is 12.4 Å². The first-order valence-corrected chi connectivity index (χ1v) is 10.8. The van der Waals surface area contributed by atoms with Crippen LogP contribution >= 0.6 is 11.6 Å². The van der Waals surface area contributed by atoms with Crippen molar-refractivity contribution in [3.8, 4) is 22.9 Å². The van der Waals surface area contributed by atoms with E-state index in [4.69, 9.17) is 25.6 Å². The van der Waals surface area contributed by atoms with E-state index in [1.54, 1.807) is 49.6 Å². The number of hydrogen-bond acceptors (Lipinski definition) is 10. The van der Waals surface area contributed by atoms with Gasteiger partial charge >= 0.3 is 0 Å². The maximum Gasteiger partial charge on any atom is 0.263 e. The van der Waals surface area contributed by atoms with E-state index in [2.05, 4.69) is 20.5 Å². The Bertz CT molecular complexity index is 1290. The number of carbonyl (C=O) groups is 2. The van der Waals surface area contributed by atoms with E-state index in [0.717, 1.165) is 4.90 Å². The highest BCUT2D eigenvalue weighted by molar-refractivity contribution is 6.31. The average Bonchev–Trinajstić information content (AvgIpc) is 3.52. The van der Waals surface area contributed by atoms with Crippen LogP contribution < -0.4 is 14.4 Å². The Morgan fingerprint density at radius 3 is 2.74 bits per heavy atom. The van der Waals surface area contributed by atoms with Gasteiger partial charge in [-0.2, -0.15) is 10.1 Å². The summed E-state index contributed by atoms with van der Waals surface area (Å²) in [5.41, 5.74) is 1.05. The minimum absolute atomic E-state index is 0.00817. The summed E-state index contributed by atoms with van der Waals surface area (Å²) < 4.78 is 16.3. The van der Waals surface area contributed by atoms with Gasteiger partial charge < -0.3 is 14.0 Å². The van der Waals surface area contributed by atoms with Crippen molar-refractivity contribution in [2.75, 3.05) is 18.6 Å². The number of hydrogen-bond donors (Lipinski definition) is 0. The molecule has 1 saturated heterocycles. The molecule has 5 rings (SSSR count). The van der Waals surface area contributed by atoms with Gasteiger partial charge in [0.15, 0.2) is 23.6 Å². The van der Waals surface area contributed by atoms with E-state index < -0.39 is 23.9 Å².